The van der Waals surface area contributed by atoms with Crippen LogP contribution in [0.5, 0.6) is 0 Å². The van der Waals surface area contributed by atoms with E-state index >= 15 is 0 Å². The van der Waals surface area contributed by atoms with Gasteiger partial charge in [0.15, 0.2) is 0 Å². The Morgan fingerprint density at radius 2 is 1.87 bits per heavy atom. The van der Waals surface area contributed by atoms with Gasteiger partial charge in [0, 0.05) is 56.7 Å². The van der Waals surface area contributed by atoms with Crippen molar-refractivity contribution in [3.8, 4) is 0 Å². The fraction of sp³-hybridized carbons (Fsp3) is 0.611. The smallest absolute Gasteiger partial charge is 0.227 e. The van der Waals surface area contributed by atoms with Crippen molar-refractivity contribution in [3.63, 3.8) is 0 Å². The number of aryl methyl sites for hydroxylation is 1. The summed E-state index contributed by atoms with van der Waals surface area (Å²) in [6, 6.07) is 6.38. The number of piperazine rings is 1. The average molecular weight is 317 g/mol. The van der Waals surface area contributed by atoms with Gasteiger partial charge < -0.3 is 19.9 Å². The minimum atomic E-state index is 0.0791. The highest BCUT2D eigenvalue weighted by molar-refractivity contribution is 5.93. The van der Waals surface area contributed by atoms with Crippen molar-refractivity contribution in [2.24, 2.45) is 5.92 Å². The molecular weight excluding hydrogens is 290 g/mol. The Morgan fingerprint density at radius 3 is 2.57 bits per heavy atom. The third-order valence-electron chi connectivity index (χ3n) is 4.94. The molecule has 1 amide bonds. The molecule has 0 saturated carbocycles. The summed E-state index contributed by atoms with van der Waals surface area (Å²) < 4.78 is 5.34. The largest absolute Gasteiger partial charge is 0.381 e. The van der Waals surface area contributed by atoms with Crippen LogP contribution in [0.15, 0.2) is 18.2 Å². The summed E-state index contributed by atoms with van der Waals surface area (Å²) in [5.74, 6) is 0.211. The molecule has 2 aliphatic heterocycles. The third-order valence-corrected chi connectivity index (χ3v) is 4.94. The highest BCUT2D eigenvalue weighted by Crippen LogP contribution is 2.26. The zero-order valence-corrected chi connectivity index (χ0v) is 14.2. The van der Waals surface area contributed by atoms with Gasteiger partial charge in [-0.2, -0.15) is 0 Å². The number of ether oxygens (including phenoxy) is 1. The Balaban J connectivity index is 1.69. The molecule has 2 heterocycles. The Hall–Kier alpha value is -1.59. The number of benzene rings is 1. The second kappa shape index (κ2) is 7.32. The fourth-order valence-corrected chi connectivity index (χ4v) is 3.20. The molecule has 0 atom stereocenters. The van der Waals surface area contributed by atoms with Gasteiger partial charge in [0.2, 0.25) is 5.91 Å². The molecule has 3 rings (SSSR count). The summed E-state index contributed by atoms with van der Waals surface area (Å²) in [6.45, 7) is 7.67. The molecule has 5 heteroatoms. The van der Waals surface area contributed by atoms with Crippen LogP contribution in [0, 0.1) is 12.8 Å². The lowest BCUT2D eigenvalue weighted by Gasteiger charge is -2.34. The van der Waals surface area contributed by atoms with Gasteiger partial charge in [-0.25, -0.2) is 0 Å². The Labute approximate surface area is 138 Å². The summed E-state index contributed by atoms with van der Waals surface area (Å²) in [5, 5.41) is 3.14. The first kappa shape index (κ1) is 16.3. The summed E-state index contributed by atoms with van der Waals surface area (Å²) in [5.41, 5.74) is 3.26. The molecule has 0 aliphatic carbocycles. The SMILES string of the molecule is Cc1ccc(N2CCN(C)CC2)cc1NC(=O)C1CCOCC1. The number of amides is 1. The Kier molecular flexibility index (Phi) is 5.18. The summed E-state index contributed by atoms with van der Waals surface area (Å²) >= 11 is 0. The third kappa shape index (κ3) is 4.03. The van der Waals surface area contributed by atoms with E-state index < -0.39 is 0 Å². The summed E-state index contributed by atoms with van der Waals surface area (Å²) in [7, 11) is 2.16. The zero-order valence-electron chi connectivity index (χ0n) is 14.2. The molecule has 0 unspecified atom stereocenters. The van der Waals surface area contributed by atoms with E-state index in [9.17, 15) is 4.79 Å². The Morgan fingerprint density at radius 1 is 1.17 bits per heavy atom. The maximum atomic E-state index is 12.5. The quantitative estimate of drug-likeness (QED) is 0.927. The molecule has 0 bridgehead atoms. The second-order valence-electron chi connectivity index (χ2n) is 6.67. The molecule has 2 fully saturated rings. The van der Waals surface area contributed by atoms with Crippen LogP contribution >= 0.6 is 0 Å². The van der Waals surface area contributed by atoms with Gasteiger partial charge in [-0.3, -0.25) is 4.79 Å². The molecule has 126 valence electrons. The number of likely N-dealkylation sites (N-methyl/N-ethyl adjacent to an activating group) is 1. The topological polar surface area (TPSA) is 44.8 Å². The van der Waals surface area contributed by atoms with E-state index in [-0.39, 0.29) is 11.8 Å². The normalized spacial score (nSPS) is 20.5. The number of anilines is 2. The van der Waals surface area contributed by atoms with Crippen molar-refractivity contribution in [1.82, 2.24) is 4.90 Å². The van der Waals surface area contributed by atoms with E-state index in [4.69, 9.17) is 4.74 Å². The molecular formula is C18H27N3O2. The minimum absolute atomic E-state index is 0.0791. The van der Waals surface area contributed by atoms with Crippen LogP contribution in [-0.4, -0.2) is 57.2 Å². The van der Waals surface area contributed by atoms with Crippen LogP contribution in [0.25, 0.3) is 0 Å². The molecule has 2 aliphatic rings. The van der Waals surface area contributed by atoms with Gasteiger partial charge >= 0.3 is 0 Å². The molecule has 1 aromatic carbocycles. The molecule has 1 N–H and O–H groups in total. The van der Waals surface area contributed by atoms with Gasteiger partial charge in [0.1, 0.15) is 0 Å². The maximum absolute atomic E-state index is 12.5. The maximum Gasteiger partial charge on any atom is 0.227 e. The molecule has 1 aromatic rings. The van der Waals surface area contributed by atoms with Crippen molar-refractivity contribution in [2.75, 3.05) is 56.7 Å². The lowest BCUT2D eigenvalue weighted by molar-refractivity contribution is -0.122. The number of carbonyl (C=O) groups is 1. The van der Waals surface area contributed by atoms with Crippen LogP contribution < -0.4 is 10.2 Å². The fourth-order valence-electron chi connectivity index (χ4n) is 3.20. The van der Waals surface area contributed by atoms with E-state index in [0.29, 0.717) is 13.2 Å². The molecule has 2 saturated heterocycles. The molecule has 0 radical (unpaired) electrons. The average Bonchev–Trinajstić information content (AvgIpc) is 2.58. The van der Waals surface area contributed by atoms with Gasteiger partial charge in [0.05, 0.1) is 0 Å². The summed E-state index contributed by atoms with van der Waals surface area (Å²) in [4.78, 5) is 17.2. The predicted octanol–water partition coefficient (Wildman–Crippen LogP) is 2.11. The van der Waals surface area contributed by atoms with Crippen LogP contribution in [0.2, 0.25) is 0 Å². The Bertz CT molecular complexity index is 547. The van der Waals surface area contributed by atoms with Crippen LogP contribution in [0.3, 0.4) is 0 Å². The molecule has 0 spiro atoms. The number of nitrogens with zero attached hydrogens (tertiary/aromatic N) is 2. The number of hydrogen-bond acceptors (Lipinski definition) is 4. The highest BCUT2D eigenvalue weighted by atomic mass is 16.5. The van der Waals surface area contributed by atoms with Gasteiger partial charge in [0.25, 0.3) is 0 Å². The zero-order chi connectivity index (χ0) is 16.2. The highest BCUT2D eigenvalue weighted by Gasteiger charge is 2.22. The molecule has 23 heavy (non-hydrogen) atoms. The van der Waals surface area contributed by atoms with Crippen LogP contribution in [0.1, 0.15) is 18.4 Å². The monoisotopic (exact) mass is 317 g/mol. The van der Waals surface area contributed by atoms with Crippen molar-refractivity contribution >= 4 is 17.3 Å². The van der Waals surface area contributed by atoms with Crippen LogP contribution in [-0.2, 0) is 9.53 Å². The molecule has 0 aromatic heterocycles. The van der Waals surface area contributed by atoms with E-state index in [0.717, 1.165) is 50.3 Å². The number of carbonyl (C=O) groups excluding carboxylic acids is 1. The van der Waals surface area contributed by atoms with Crippen LogP contribution in [0.4, 0.5) is 11.4 Å². The number of hydrogen-bond donors (Lipinski definition) is 1. The standard InChI is InChI=1S/C18H27N3O2/c1-14-3-4-16(21-9-7-20(2)8-10-21)13-17(14)19-18(22)15-5-11-23-12-6-15/h3-4,13,15H,5-12H2,1-2H3,(H,19,22). The second-order valence-corrected chi connectivity index (χ2v) is 6.67. The first-order chi connectivity index (χ1) is 11.1. The number of nitrogens with one attached hydrogen (secondary N) is 1. The van der Waals surface area contributed by atoms with Crippen molar-refractivity contribution in [2.45, 2.75) is 19.8 Å². The number of rotatable bonds is 3. The lowest BCUT2D eigenvalue weighted by Crippen LogP contribution is -2.44. The van der Waals surface area contributed by atoms with E-state index in [1.165, 1.54) is 5.69 Å². The first-order valence-electron chi connectivity index (χ1n) is 8.56. The minimum Gasteiger partial charge on any atom is -0.381 e. The van der Waals surface area contributed by atoms with Gasteiger partial charge in [-0.15, -0.1) is 0 Å². The van der Waals surface area contributed by atoms with Crippen molar-refractivity contribution < 1.29 is 9.53 Å². The van der Waals surface area contributed by atoms with E-state index in [1.807, 2.05) is 6.92 Å². The van der Waals surface area contributed by atoms with Gasteiger partial charge in [-0.1, -0.05) is 6.07 Å². The van der Waals surface area contributed by atoms with E-state index in [2.05, 4.69) is 40.4 Å². The van der Waals surface area contributed by atoms with Gasteiger partial charge in [-0.05, 0) is 44.5 Å². The predicted molar refractivity (Wildman–Crippen MR) is 93.1 cm³/mol. The first-order valence-corrected chi connectivity index (χ1v) is 8.56. The van der Waals surface area contributed by atoms with Crippen molar-refractivity contribution in [1.29, 1.82) is 0 Å². The van der Waals surface area contributed by atoms with E-state index in [1.54, 1.807) is 0 Å². The molecule has 5 nitrogen and oxygen atoms in total. The summed E-state index contributed by atoms with van der Waals surface area (Å²) in [6.07, 6.45) is 1.64. The lowest BCUT2D eigenvalue weighted by atomic mass is 9.99. The van der Waals surface area contributed by atoms with Crippen molar-refractivity contribution in [3.05, 3.63) is 23.8 Å².